The molecule has 0 spiro atoms. The number of carbonyl (C=O) groups is 2. The van der Waals surface area contributed by atoms with E-state index in [9.17, 15) is 19.7 Å². The lowest BCUT2D eigenvalue weighted by Crippen LogP contribution is -2.46. The van der Waals surface area contributed by atoms with Gasteiger partial charge in [0.15, 0.2) is 0 Å². The summed E-state index contributed by atoms with van der Waals surface area (Å²) in [4.78, 5) is 38.3. The van der Waals surface area contributed by atoms with E-state index >= 15 is 0 Å². The van der Waals surface area contributed by atoms with Gasteiger partial charge in [-0.15, -0.1) is 11.8 Å². The van der Waals surface area contributed by atoms with Crippen molar-refractivity contribution in [2.24, 2.45) is 5.92 Å². The molecule has 152 valence electrons. The van der Waals surface area contributed by atoms with Crippen LogP contribution < -0.4 is 5.32 Å². The van der Waals surface area contributed by atoms with Crippen molar-refractivity contribution >= 4 is 35.0 Å². The van der Waals surface area contributed by atoms with Gasteiger partial charge in [-0.3, -0.25) is 19.7 Å². The molecular formula is C21H23N3O4S. The number of anilines is 1. The molecule has 1 aliphatic heterocycles. The van der Waals surface area contributed by atoms with Crippen LogP contribution in [-0.4, -0.2) is 40.0 Å². The van der Waals surface area contributed by atoms with Gasteiger partial charge in [-0.25, -0.2) is 0 Å². The van der Waals surface area contributed by atoms with Gasteiger partial charge < -0.3 is 10.2 Å². The van der Waals surface area contributed by atoms with Crippen molar-refractivity contribution in [3.05, 3.63) is 64.7 Å². The fraction of sp³-hybridized carbons (Fsp3) is 0.333. The number of hydrogen-bond donors (Lipinski definition) is 1. The lowest BCUT2D eigenvalue weighted by molar-refractivity contribution is -0.384. The molecule has 8 heteroatoms. The van der Waals surface area contributed by atoms with E-state index in [2.05, 4.69) is 5.32 Å². The maximum atomic E-state index is 12.9. The number of thioether (sulfide) groups is 1. The van der Waals surface area contributed by atoms with Gasteiger partial charge in [-0.2, -0.15) is 0 Å². The summed E-state index contributed by atoms with van der Waals surface area (Å²) < 4.78 is 0. The smallest absolute Gasteiger partial charge is 0.269 e. The Hall–Kier alpha value is -2.87. The quantitative estimate of drug-likeness (QED) is 0.440. The van der Waals surface area contributed by atoms with E-state index in [1.54, 1.807) is 17.0 Å². The van der Waals surface area contributed by atoms with Gasteiger partial charge in [0.2, 0.25) is 11.8 Å². The number of nitrogens with zero attached hydrogens (tertiary/aromatic N) is 2. The zero-order chi connectivity index (χ0) is 20.8. The second-order valence-electron chi connectivity index (χ2n) is 6.99. The zero-order valence-corrected chi connectivity index (χ0v) is 16.9. The molecule has 2 aromatic rings. The number of nitro benzene ring substituents is 1. The van der Waals surface area contributed by atoms with Gasteiger partial charge in [0, 0.05) is 35.8 Å². The third-order valence-electron chi connectivity index (χ3n) is 4.85. The normalized spacial score (nSPS) is 17.4. The zero-order valence-electron chi connectivity index (χ0n) is 16.1. The van der Waals surface area contributed by atoms with Crippen LogP contribution in [0, 0.1) is 16.0 Å². The average Bonchev–Trinajstić information content (AvgIpc) is 2.74. The fourth-order valence-electron chi connectivity index (χ4n) is 3.32. The highest BCUT2D eigenvalue weighted by atomic mass is 32.2. The Morgan fingerprint density at radius 2 is 1.86 bits per heavy atom. The minimum absolute atomic E-state index is 0.0226. The first-order valence-corrected chi connectivity index (χ1v) is 10.4. The number of hydrogen-bond acceptors (Lipinski definition) is 5. The standard InChI is InChI=1S/C21H23N3O4S/c1-15(29-19-11-9-18(10-12-19)24(27)28)21(26)23-13-5-6-16(14-23)20(25)22-17-7-3-2-4-8-17/h2-4,7-12,15-16H,5-6,13-14H2,1H3,(H,22,25)/t15-,16-/m0/s1. The van der Waals surface area contributed by atoms with Gasteiger partial charge in [0.25, 0.3) is 5.69 Å². The van der Waals surface area contributed by atoms with Crippen molar-refractivity contribution < 1.29 is 14.5 Å². The van der Waals surface area contributed by atoms with Crippen LogP contribution in [0.5, 0.6) is 0 Å². The molecule has 1 fully saturated rings. The van der Waals surface area contributed by atoms with Crippen LogP contribution in [0.25, 0.3) is 0 Å². The minimum Gasteiger partial charge on any atom is -0.341 e. The molecule has 0 aliphatic carbocycles. The van der Waals surface area contributed by atoms with E-state index in [0.717, 1.165) is 23.4 Å². The highest BCUT2D eigenvalue weighted by Gasteiger charge is 2.30. The van der Waals surface area contributed by atoms with Crippen LogP contribution in [0.1, 0.15) is 19.8 Å². The van der Waals surface area contributed by atoms with Crippen LogP contribution in [0.3, 0.4) is 0 Å². The van der Waals surface area contributed by atoms with Crippen LogP contribution >= 0.6 is 11.8 Å². The van der Waals surface area contributed by atoms with Gasteiger partial charge in [-0.1, -0.05) is 18.2 Å². The third kappa shape index (κ3) is 5.57. The topological polar surface area (TPSA) is 92.6 Å². The third-order valence-corrected chi connectivity index (χ3v) is 5.95. The maximum absolute atomic E-state index is 12.9. The Bertz CT molecular complexity index is 873. The van der Waals surface area contributed by atoms with E-state index in [-0.39, 0.29) is 28.7 Å². The average molecular weight is 413 g/mol. The summed E-state index contributed by atoms with van der Waals surface area (Å²) in [7, 11) is 0. The first-order valence-electron chi connectivity index (χ1n) is 9.50. The predicted octanol–water partition coefficient (Wildman–Crippen LogP) is 3.95. The molecule has 2 aromatic carbocycles. The van der Waals surface area contributed by atoms with E-state index in [4.69, 9.17) is 0 Å². The molecular weight excluding hydrogens is 390 g/mol. The SMILES string of the molecule is C[C@H](Sc1ccc([N+](=O)[O-])cc1)C(=O)N1CCC[C@H](C(=O)Nc2ccccc2)C1. The number of piperidine rings is 1. The number of para-hydroxylation sites is 1. The van der Waals surface area contributed by atoms with E-state index < -0.39 is 4.92 Å². The van der Waals surface area contributed by atoms with Gasteiger partial charge in [-0.05, 0) is 44.0 Å². The first-order chi connectivity index (χ1) is 13.9. The monoisotopic (exact) mass is 413 g/mol. The molecule has 3 rings (SSSR count). The predicted molar refractivity (Wildman–Crippen MR) is 113 cm³/mol. The number of amides is 2. The number of likely N-dealkylation sites (tertiary alicyclic amines) is 1. The number of nitro groups is 1. The Kier molecular flexibility index (Phi) is 6.87. The van der Waals surface area contributed by atoms with Crippen molar-refractivity contribution in [1.82, 2.24) is 4.90 Å². The Morgan fingerprint density at radius 3 is 2.52 bits per heavy atom. The van der Waals surface area contributed by atoms with Crippen LogP contribution in [-0.2, 0) is 9.59 Å². The number of rotatable bonds is 6. The Labute approximate surface area is 173 Å². The van der Waals surface area contributed by atoms with Crippen molar-refractivity contribution in [2.75, 3.05) is 18.4 Å². The van der Waals surface area contributed by atoms with Crippen molar-refractivity contribution in [2.45, 2.75) is 29.9 Å². The maximum Gasteiger partial charge on any atom is 0.269 e. The molecule has 1 N–H and O–H groups in total. The van der Waals surface area contributed by atoms with Crippen LogP contribution in [0.2, 0.25) is 0 Å². The van der Waals surface area contributed by atoms with Crippen molar-refractivity contribution in [3.8, 4) is 0 Å². The van der Waals surface area contributed by atoms with Gasteiger partial charge in [0.05, 0.1) is 16.1 Å². The molecule has 0 saturated carbocycles. The minimum atomic E-state index is -0.447. The van der Waals surface area contributed by atoms with E-state index in [1.807, 2.05) is 37.3 Å². The van der Waals surface area contributed by atoms with Crippen LogP contribution in [0.15, 0.2) is 59.5 Å². The lowest BCUT2D eigenvalue weighted by Gasteiger charge is -2.33. The summed E-state index contributed by atoms with van der Waals surface area (Å²) in [6.45, 7) is 2.86. The lowest BCUT2D eigenvalue weighted by atomic mass is 9.96. The largest absolute Gasteiger partial charge is 0.341 e. The summed E-state index contributed by atoms with van der Waals surface area (Å²) in [5.74, 6) is -0.320. The number of nitrogens with one attached hydrogen (secondary N) is 1. The van der Waals surface area contributed by atoms with Crippen molar-refractivity contribution in [1.29, 1.82) is 0 Å². The molecule has 1 heterocycles. The van der Waals surface area contributed by atoms with Gasteiger partial charge >= 0.3 is 0 Å². The Morgan fingerprint density at radius 1 is 1.17 bits per heavy atom. The first kappa shape index (κ1) is 20.9. The van der Waals surface area contributed by atoms with Crippen LogP contribution in [0.4, 0.5) is 11.4 Å². The molecule has 1 aliphatic rings. The molecule has 0 bridgehead atoms. The summed E-state index contributed by atoms with van der Waals surface area (Å²) >= 11 is 1.36. The number of benzene rings is 2. The molecule has 0 radical (unpaired) electrons. The summed E-state index contributed by atoms with van der Waals surface area (Å²) in [6.07, 6.45) is 1.54. The Balaban J connectivity index is 1.56. The highest BCUT2D eigenvalue weighted by molar-refractivity contribution is 8.00. The molecule has 7 nitrogen and oxygen atoms in total. The van der Waals surface area contributed by atoms with Crippen molar-refractivity contribution in [3.63, 3.8) is 0 Å². The molecule has 2 atom stereocenters. The molecule has 2 amide bonds. The number of non-ortho nitro benzene ring substituents is 1. The second kappa shape index (κ2) is 9.56. The molecule has 0 unspecified atom stereocenters. The summed E-state index contributed by atoms with van der Waals surface area (Å²) in [6, 6.07) is 15.5. The summed E-state index contributed by atoms with van der Waals surface area (Å²) in [5, 5.41) is 13.3. The van der Waals surface area contributed by atoms with Gasteiger partial charge in [0.1, 0.15) is 0 Å². The summed E-state index contributed by atoms with van der Waals surface area (Å²) in [5.41, 5.74) is 0.777. The second-order valence-corrected chi connectivity index (χ2v) is 8.40. The molecule has 1 saturated heterocycles. The molecule has 29 heavy (non-hydrogen) atoms. The van der Waals surface area contributed by atoms with E-state index in [0.29, 0.717) is 13.1 Å². The fourth-order valence-corrected chi connectivity index (χ4v) is 4.27. The van der Waals surface area contributed by atoms with E-state index in [1.165, 1.54) is 23.9 Å². The molecule has 0 aromatic heterocycles. The number of carbonyl (C=O) groups excluding carboxylic acids is 2. The highest BCUT2D eigenvalue weighted by Crippen LogP contribution is 2.28.